The molecule has 3 aromatic rings. The fourth-order valence-corrected chi connectivity index (χ4v) is 4.23. The molecule has 1 atom stereocenters. The average Bonchev–Trinajstić information content (AvgIpc) is 3.62. The van der Waals surface area contributed by atoms with Crippen LogP contribution in [0.15, 0.2) is 42.6 Å². The second-order valence-electron chi connectivity index (χ2n) is 8.81. The van der Waals surface area contributed by atoms with Crippen LogP contribution in [0.2, 0.25) is 0 Å². The second-order valence-corrected chi connectivity index (χ2v) is 8.81. The first-order valence-electron chi connectivity index (χ1n) is 11.3. The van der Waals surface area contributed by atoms with E-state index >= 15 is 0 Å². The number of carbonyl (C=O) groups excluding carboxylic acids is 1. The van der Waals surface area contributed by atoms with Gasteiger partial charge in [-0.1, -0.05) is 0 Å². The van der Waals surface area contributed by atoms with E-state index in [9.17, 15) is 10.1 Å². The molecule has 5 rings (SSSR count). The van der Waals surface area contributed by atoms with Gasteiger partial charge in [-0.25, -0.2) is 4.68 Å². The topological polar surface area (TPSA) is 110 Å². The van der Waals surface area contributed by atoms with Crippen molar-refractivity contribution in [2.45, 2.75) is 37.6 Å². The standard InChI is InChI=1S/C25H26N6O2/c1-30-24(13-21(29-30)17-5-6-17)33-23-11-16(14-26)4-7-20(23)22-12-18(8-9-28-22)25(32)31-10-2-3-19(27)15-31/h4,7-9,11-13,17,19H,2-3,5-6,10,15,27H2,1H3/t19-/m1/s1. The van der Waals surface area contributed by atoms with Gasteiger partial charge in [0.1, 0.15) is 5.75 Å². The minimum Gasteiger partial charge on any atom is -0.439 e. The van der Waals surface area contributed by atoms with E-state index in [1.54, 1.807) is 46.1 Å². The Balaban J connectivity index is 1.47. The van der Waals surface area contributed by atoms with Gasteiger partial charge in [0.2, 0.25) is 5.88 Å². The minimum atomic E-state index is -0.0503. The van der Waals surface area contributed by atoms with Crippen LogP contribution in [-0.4, -0.2) is 44.7 Å². The normalized spacial score (nSPS) is 18.1. The van der Waals surface area contributed by atoms with E-state index in [-0.39, 0.29) is 11.9 Å². The summed E-state index contributed by atoms with van der Waals surface area (Å²) >= 11 is 0. The van der Waals surface area contributed by atoms with Crippen molar-refractivity contribution in [2.75, 3.05) is 13.1 Å². The van der Waals surface area contributed by atoms with Gasteiger partial charge in [-0.3, -0.25) is 9.78 Å². The Labute approximate surface area is 192 Å². The monoisotopic (exact) mass is 442 g/mol. The van der Waals surface area contributed by atoms with Crippen molar-refractivity contribution in [3.63, 3.8) is 0 Å². The molecule has 0 radical (unpaired) electrons. The van der Waals surface area contributed by atoms with Gasteiger partial charge in [0.05, 0.1) is 23.0 Å². The first kappa shape index (κ1) is 21.2. The number of rotatable bonds is 5. The van der Waals surface area contributed by atoms with E-state index in [1.807, 2.05) is 13.1 Å². The molecule has 33 heavy (non-hydrogen) atoms. The fraction of sp³-hybridized carbons (Fsp3) is 0.360. The summed E-state index contributed by atoms with van der Waals surface area (Å²) in [4.78, 5) is 19.4. The molecule has 168 valence electrons. The molecule has 1 amide bonds. The Kier molecular flexibility index (Phi) is 5.56. The van der Waals surface area contributed by atoms with Gasteiger partial charge in [-0.15, -0.1) is 0 Å². The van der Waals surface area contributed by atoms with Crippen LogP contribution in [0.1, 0.15) is 53.2 Å². The summed E-state index contributed by atoms with van der Waals surface area (Å²) in [5.41, 5.74) is 9.43. The zero-order valence-electron chi connectivity index (χ0n) is 18.6. The number of piperidine rings is 1. The number of hydrogen-bond donors (Lipinski definition) is 1. The van der Waals surface area contributed by atoms with Crippen LogP contribution in [0.4, 0.5) is 0 Å². The average molecular weight is 443 g/mol. The lowest BCUT2D eigenvalue weighted by Gasteiger charge is -2.30. The highest BCUT2D eigenvalue weighted by molar-refractivity contribution is 5.95. The number of carbonyl (C=O) groups is 1. The zero-order valence-corrected chi connectivity index (χ0v) is 18.6. The number of benzene rings is 1. The second kappa shape index (κ2) is 8.68. The Morgan fingerprint density at radius 1 is 1.21 bits per heavy atom. The maximum Gasteiger partial charge on any atom is 0.254 e. The summed E-state index contributed by atoms with van der Waals surface area (Å²) in [7, 11) is 1.84. The van der Waals surface area contributed by atoms with Gasteiger partial charge >= 0.3 is 0 Å². The Morgan fingerprint density at radius 2 is 2.06 bits per heavy atom. The first-order valence-corrected chi connectivity index (χ1v) is 11.3. The summed E-state index contributed by atoms with van der Waals surface area (Å²) in [6, 6.07) is 12.8. The van der Waals surface area contributed by atoms with E-state index in [0.717, 1.165) is 31.4 Å². The predicted octanol–water partition coefficient (Wildman–Crippen LogP) is 3.59. The van der Waals surface area contributed by atoms with Crippen LogP contribution in [0.5, 0.6) is 11.6 Å². The molecule has 0 bridgehead atoms. The molecule has 1 saturated heterocycles. The third kappa shape index (κ3) is 4.45. The lowest BCUT2D eigenvalue weighted by atomic mass is 10.0. The molecule has 1 aliphatic carbocycles. The molecule has 1 aliphatic heterocycles. The molecular weight excluding hydrogens is 416 g/mol. The molecule has 8 nitrogen and oxygen atoms in total. The number of ether oxygens (including phenoxy) is 1. The number of aromatic nitrogens is 3. The predicted molar refractivity (Wildman–Crippen MR) is 123 cm³/mol. The number of nitrogens with zero attached hydrogens (tertiary/aromatic N) is 5. The van der Waals surface area contributed by atoms with Crippen LogP contribution in [0.3, 0.4) is 0 Å². The molecule has 2 N–H and O–H groups in total. The number of hydrogen-bond acceptors (Lipinski definition) is 6. The van der Waals surface area contributed by atoms with Crippen LogP contribution in [0.25, 0.3) is 11.3 Å². The molecule has 8 heteroatoms. The smallest absolute Gasteiger partial charge is 0.254 e. The van der Waals surface area contributed by atoms with Gasteiger partial charge in [0.25, 0.3) is 5.91 Å². The van der Waals surface area contributed by atoms with E-state index in [0.29, 0.717) is 53.0 Å². The third-order valence-electron chi connectivity index (χ3n) is 6.20. The maximum absolute atomic E-state index is 13.1. The van der Waals surface area contributed by atoms with Crippen molar-refractivity contribution in [2.24, 2.45) is 12.8 Å². The zero-order chi connectivity index (χ0) is 22.9. The molecule has 1 saturated carbocycles. The first-order chi connectivity index (χ1) is 16.0. The van der Waals surface area contributed by atoms with Gasteiger partial charge in [-0.2, -0.15) is 10.4 Å². The Hall–Kier alpha value is -3.70. The molecule has 0 spiro atoms. The van der Waals surface area contributed by atoms with Crippen molar-refractivity contribution < 1.29 is 9.53 Å². The highest BCUT2D eigenvalue weighted by Crippen LogP contribution is 2.41. The van der Waals surface area contributed by atoms with Crippen molar-refractivity contribution in [1.82, 2.24) is 19.7 Å². The number of nitriles is 1. The lowest BCUT2D eigenvalue weighted by Crippen LogP contribution is -2.45. The van der Waals surface area contributed by atoms with Crippen LogP contribution in [-0.2, 0) is 7.05 Å². The number of aryl methyl sites for hydroxylation is 1. The van der Waals surface area contributed by atoms with Crippen LogP contribution in [0, 0.1) is 11.3 Å². The number of likely N-dealkylation sites (tertiary alicyclic amines) is 1. The van der Waals surface area contributed by atoms with E-state index < -0.39 is 0 Å². The number of nitrogens with two attached hydrogens (primary N) is 1. The third-order valence-corrected chi connectivity index (χ3v) is 6.20. The molecule has 2 aliphatic rings. The highest BCUT2D eigenvalue weighted by atomic mass is 16.5. The largest absolute Gasteiger partial charge is 0.439 e. The van der Waals surface area contributed by atoms with Crippen molar-refractivity contribution in [1.29, 1.82) is 5.26 Å². The Bertz CT molecular complexity index is 1240. The summed E-state index contributed by atoms with van der Waals surface area (Å²) in [5, 5.41) is 14.0. The van der Waals surface area contributed by atoms with Gasteiger partial charge < -0.3 is 15.4 Å². The number of pyridine rings is 1. The van der Waals surface area contributed by atoms with Gasteiger partial charge in [0, 0.05) is 55.5 Å². The van der Waals surface area contributed by atoms with E-state index in [2.05, 4.69) is 16.2 Å². The van der Waals surface area contributed by atoms with Crippen LogP contribution >= 0.6 is 0 Å². The summed E-state index contributed by atoms with van der Waals surface area (Å²) in [6.07, 6.45) is 5.78. The summed E-state index contributed by atoms with van der Waals surface area (Å²) in [5.74, 6) is 1.55. The van der Waals surface area contributed by atoms with Gasteiger partial charge in [0.15, 0.2) is 0 Å². The molecule has 0 unspecified atom stereocenters. The fourth-order valence-electron chi connectivity index (χ4n) is 4.23. The van der Waals surface area contributed by atoms with Crippen molar-refractivity contribution in [3.8, 4) is 29.0 Å². The molecular formula is C25H26N6O2. The summed E-state index contributed by atoms with van der Waals surface area (Å²) in [6.45, 7) is 1.27. The van der Waals surface area contributed by atoms with Crippen molar-refractivity contribution in [3.05, 3.63) is 59.4 Å². The molecule has 2 fully saturated rings. The number of amides is 1. The summed E-state index contributed by atoms with van der Waals surface area (Å²) < 4.78 is 7.94. The SMILES string of the molecule is Cn1nc(C2CC2)cc1Oc1cc(C#N)ccc1-c1cc(C(=O)N2CCC[C@@H](N)C2)ccn1. The molecule has 3 heterocycles. The lowest BCUT2D eigenvalue weighted by molar-refractivity contribution is 0.0708. The van der Waals surface area contributed by atoms with E-state index in [1.165, 1.54) is 0 Å². The van der Waals surface area contributed by atoms with Gasteiger partial charge in [-0.05, 0) is 56.0 Å². The Morgan fingerprint density at radius 3 is 2.82 bits per heavy atom. The molecule has 1 aromatic carbocycles. The molecule has 2 aromatic heterocycles. The highest BCUT2D eigenvalue weighted by Gasteiger charge is 2.28. The quantitative estimate of drug-likeness (QED) is 0.647. The van der Waals surface area contributed by atoms with Crippen molar-refractivity contribution >= 4 is 5.91 Å². The van der Waals surface area contributed by atoms with E-state index in [4.69, 9.17) is 10.5 Å². The van der Waals surface area contributed by atoms with Crippen LogP contribution < -0.4 is 10.5 Å². The maximum atomic E-state index is 13.1. The minimum absolute atomic E-state index is 0.0157.